The average Bonchev–Trinajstić information content (AvgIpc) is 2.56. The number of aliphatic carboxylic acids is 1. The van der Waals surface area contributed by atoms with Crippen molar-refractivity contribution < 1.29 is 19.7 Å². The van der Waals surface area contributed by atoms with Gasteiger partial charge in [0.15, 0.2) is 11.5 Å². The second kappa shape index (κ2) is 8.22. The first-order valence-corrected chi connectivity index (χ1v) is 7.75. The molecule has 1 atom stereocenters. The van der Waals surface area contributed by atoms with Crippen molar-refractivity contribution in [1.29, 1.82) is 0 Å². The maximum absolute atomic E-state index is 11.5. The Bertz CT molecular complexity index is 637. The molecule has 0 bridgehead atoms. The molecule has 0 amide bonds. The number of phenolic OH excluding ortho intramolecular Hbond substituents is 1. The number of phenols is 1. The Balaban J connectivity index is 1.95. The zero-order chi connectivity index (χ0) is 16.7. The van der Waals surface area contributed by atoms with Crippen LogP contribution >= 0.6 is 0 Å². The van der Waals surface area contributed by atoms with Crippen LogP contribution in [0.2, 0.25) is 0 Å². The highest BCUT2D eigenvalue weighted by atomic mass is 16.5. The van der Waals surface area contributed by atoms with E-state index >= 15 is 0 Å². The smallest absolute Gasteiger partial charge is 0.310 e. The first kappa shape index (κ1) is 16.9. The molecule has 0 aliphatic heterocycles. The van der Waals surface area contributed by atoms with Crippen molar-refractivity contribution in [1.82, 2.24) is 0 Å². The van der Waals surface area contributed by atoms with Crippen LogP contribution in [0.1, 0.15) is 36.3 Å². The minimum atomic E-state index is -0.850. The van der Waals surface area contributed by atoms with Gasteiger partial charge in [-0.2, -0.15) is 0 Å². The maximum atomic E-state index is 11.5. The molecule has 0 fully saturated rings. The van der Waals surface area contributed by atoms with Gasteiger partial charge in [0.25, 0.3) is 0 Å². The summed E-state index contributed by atoms with van der Waals surface area (Å²) >= 11 is 0. The van der Waals surface area contributed by atoms with E-state index in [9.17, 15) is 15.0 Å². The molecule has 0 aliphatic rings. The van der Waals surface area contributed by atoms with Crippen LogP contribution in [0.5, 0.6) is 11.5 Å². The zero-order valence-corrected chi connectivity index (χ0v) is 13.2. The Kier molecular flexibility index (Phi) is 6.03. The molecular weight excluding hydrogens is 292 g/mol. The minimum Gasteiger partial charge on any atom is -0.504 e. The van der Waals surface area contributed by atoms with Crippen LogP contribution in [0.3, 0.4) is 0 Å². The fourth-order valence-electron chi connectivity index (χ4n) is 2.67. The molecule has 2 N–H and O–H groups in total. The molecule has 0 saturated heterocycles. The summed E-state index contributed by atoms with van der Waals surface area (Å²) in [6.07, 6.45) is 3.29. The van der Waals surface area contributed by atoms with Crippen molar-refractivity contribution in [2.75, 3.05) is 7.11 Å². The Labute approximate surface area is 136 Å². The number of methoxy groups -OCH3 is 1. The fraction of sp³-hybridized carbons (Fsp3) is 0.316. The molecule has 1 unspecified atom stereocenters. The highest BCUT2D eigenvalue weighted by Gasteiger charge is 2.20. The number of hydrogen-bond donors (Lipinski definition) is 2. The highest BCUT2D eigenvalue weighted by Crippen LogP contribution is 2.32. The van der Waals surface area contributed by atoms with Gasteiger partial charge in [0, 0.05) is 0 Å². The lowest BCUT2D eigenvalue weighted by Gasteiger charge is -2.14. The summed E-state index contributed by atoms with van der Waals surface area (Å²) in [6.45, 7) is 0. The van der Waals surface area contributed by atoms with Gasteiger partial charge in [-0.3, -0.25) is 4.79 Å². The number of aromatic hydroxyl groups is 1. The summed E-state index contributed by atoms with van der Waals surface area (Å²) in [6, 6.07) is 14.9. The van der Waals surface area contributed by atoms with E-state index in [2.05, 4.69) is 12.1 Å². The van der Waals surface area contributed by atoms with E-state index in [-0.39, 0.29) is 5.75 Å². The number of carbonyl (C=O) groups is 1. The fourth-order valence-corrected chi connectivity index (χ4v) is 2.67. The first-order valence-electron chi connectivity index (χ1n) is 7.75. The highest BCUT2D eigenvalue weighted by molar-refractivity contribution is 5.76. The molecule has 122 valence electrons. The Morgan fingerprint density at radius 1 is 1.13 bits per heavy atom. The zero-order valence-electron chi connectivity index (χ0n) is 13.2. The predicted octanol–water partition coefficient (Wildman–Crippen LogP) is 3.98. The number of aryl methyl sites for hydroxylation is 1. The van der Waals surface area contributed by atoms with Crippen LogP contribution < -0.4 is 4.74 Å². The topological polar surface area (TPSA) is 66.8 Å². The Morgan fingerprint density at radius 3 is 2.52 bits per heavy atom. The van der Waals surface area contributed by atoms with Crippen molar-refractivity contribution in [3.8, 4) is 11.5 Å². The third-order valence-electron chi connectivity index (χ3n) is 3.96. The first-order chi connectivity index (χ1) is 11.1. The van der Waals surface area contributed by atoms with Crippen LogP contribution in [0.15, 0.2) is 48.5 Å². The van der Waals surface area contributed by atoms with Crippen LogP contribution in [-0.2, 0) is 11.2 Å². The van der Waals surface area contributed by atoms with Crippen LogP contribution in [-0.4, -0.2) is 23.3 Å². The van der Waals surface area contributed by atoms with E-state index in [0.717, 1.165) is 19.3 Å². The number of benzene rings is 2. The number of carboxylic acids is 1. The summed E-state index contributed by atoms with van der Waals surface area (Å²) in [4.78, 5) is 11.5. The molecule has 0 aliphatic carbocycles. The molecule has 4 heteroatoms. The quantitative estimate of drug-likeness (QED) is 0.723. The van der Waals surface area contributed by atoms with Gasteiger partial charge in [0.1, 0.15) is 0 Å². The van der Waals surface area contributed by atoms with Crippen molar-refractivity contribution in [2.45, 2.75) is 31.6 Å². The van der Waals surface area contributed by atoms with Crippen LogP contribution in [0.4, 0.5) is 0 Å². The monoisotopic (exact) mass is 314 g/mol. The van der Waals surface area contributed by atoms with Gasteiger partial charge < -0.3 is 14.9 Å². The third kappa shape index (κ3) is 4.74. The largest absolute Gasteiger partial charge is 0.504 e. The molecule has 2 aromatic carbocycles. The molecular formula is C19H22O4. The second-order valence-corrected chi connectivity index (χ2v) is 5.55. The molecule has 0 saturated carbocycles. The molecule has 23 heavy (non-hydrogen) atoms. The number of ether oxygens (including phenoxy) is 1. The normalized spacial score (nSPS) is 11.9. The van der Waals surface area contributed by atoms with Crippen molar-refractivity contribution in [3.63, 3.8) is 0 Å². The molecule has 0 aromatic heterocycles. The SMILES string of the molecule is COc1cc(C(CCCCc2ccccc2)C(=O)O)ccc1O. The average molecular weight is 314 g/mol. The van der Waals surface area contributed by atoms with Crippen molar-refractivity contribution >= 4 is 5.97 Å². The summed E-state index contributed by atoms with van der Waals surface area (Å²) in [7, 11) is 1.45. The van der Waals surface area contributed by atoms with E-state index in [4.69, 9.17) is 4.74 Å². The summed E-state index contributed by atoms with van der Waals surface area (Å²) < 4.78 is 5.06. The van der Waals surface area contributed by atoms with E-state index < -0.39 is 11.9 Å². The van der Waals surface area contributed by atoms with Gasteiger partial charge >= 0.3 is 5.97 Å². The van der Waals surface area contributed by atoms with Crippen LogP contribution in [0.25, 0.3) is 0 Å². The molecule has 2 aromatic rings. The lowest BCUT2D eigenvalue weighted by molar-refractivity contribution is -0.139. The molecule has 2 rings (SSSR count). The van der Waals surface area contributed by atoms with E-state index in [1.165, 1.54) is 18.7 Å². The molecule has 0 radical (unpaired) electrons. The molecule has 0 spiro atoms. The van der Waals surface area contributed by atoms with Crippen molar-refractivity contribution in [3.05, 3.63) is 59.7 Å². The van der Waals surface area contributed by atoms with Crippen LogP contribution in [0, 0.1) is 0 Å². The van der Waals surface area contributed by atoms with E-state index in [1.54, 1.807) is 12.1 Å². The number of carboxylic acid groups (broad SMARTS) is 1. The second-order valence-electron chi connectivity index (χ2n) is 5.55. The molecule has 0 heterocycles. The minimum absolute atomic E-state index is 0.0180. The van der Waals surface area contributed by atoms with Gasteiger partial charge in [-0.1, -0.05) is 42.8 Å². The van der Waals surface area contributed by atoms with E-state index in [0.29, 0.717) is 17.7 Å². The standard InChI is InChI=1S/C19H22O4/c1-23-18-13-15(11-12-17(18)20)16(19(21)22)10-6-5-9-14-7-3-2-4-8-14/h2-4,7-8,11-13,16,20H,5-6,9-10H2,1H3,(H,21,22). The van der Waals surface area contributed by atoms with Gasteiger partial charge in [-0.05, 0) is 42.5 Å². The van der Waals surface area contributed by atoms with Gasteiger partial charge in [0.05, 0.1) is 13.0 Å². The number of rotatable bonds is 8. The Morgan fingerprint density at radius 2 is 1.87 bits per heavy atom. The lowest BCUT2D eigenvalue weighted by atomic mass is 9.92. The van der Waals surface area contributed by atoms with Gasteiger partial charge in [-0.25, -0.2) is 0 Å². The van der Waals surface area contributed by atoms with Gasteiger partial charge in [0.2, 0.25) is 0 Å². The Hall–Kier alpha value is -2.49. The van der Waals surface area contributed by atoms with Crippen molar-refractivity contribution in [2.24, 2.45) is 0 Å². The summed E-state index contributed by atoms with van der Waals surface area (Å²) in [5, 5.41) is 19.1. The molecule has 4 nitrogen and oxygen atoms in total. The predicted molar refractivity (Wildman–Crippen MR) is 89.0 cm³/mol. The third-order valence-corrected chi connectivity index (χ3v) is 3.96. The van der Waals surface area contributed by atoms with Gasteiger partial charge in [-0.15, -0.1) is 0 Å². The lowest BCUT2D eigenvalue weighted by Crippen LogP contribution is -2.12. The maximum Gasteiger partial charge on any atom is 0.310 e. The number of unbranched alkanes of at least 4 members (excludes halogenated alkanes) is 1. The number of hydrogen-bond acceptors (Lipinski definition) is 3. The van der Waals surface area contributed by atoms with E-state index in [1.807, 2.05) is 18.2 Å². The summed E-state index contributed by atoms with van der Waals surface area (Å²) in [5.74, 6) is -1.11. The summed E-state index contributed by atoms with van der Waals surface area (Å²) in [5.41, 5.74) is 1.93.